The van der Waals surface area contributed by atoms with E-state index in [9.17, 15) is 19.8 Å². The SMILES string of the molecule is Cc1[nH]nc2c(-c3ccc(C(=O)N4CCN(C(=O)C5(O)CC5)CC4)c(O)c3)cccc12. The number of amides is 2. The van der Waals surface area contributed by atoms with Crippen molar-refractivity contribution < 1.29 is 19.8 Å². The van der Waals surface area contributed by atoms with Crippen LogP contribution in [0.15, 0.2) is 36.4 Å². The lowest BCUT2D eigenvalue weighted by atomic mass is 10.00. The molecule has 8 nitrogen and oxygen atoms in total. The molecule has 2 heterocycles. The molecule has 1 saturated carbocycles. The number of H-pyrrole nitrogens is 1. The highest BCUT2D eigenvalue weighted by Crippen LogP contribution is 2.37. The van der Waals surface area contributed by atoms with E-state index in [0.717, 1.165) is 27.7 Å². The molecule has 1 aliphatic heterocycles. The number of rotatable bonds is 3. The van der Waals surface area contributed by atoms with Crippen molar-refractivity contribution in [3.63, 3.8) is 0 Å². The van der Waals surface area contributed by atoms with E-state index in [-0.39, 0.29) is 23.1 Å². The number of phenols is 1. The number of hydrogen-bond acceptors (Lipinski definition) is 5. The molecule has 3 N–H and O–H groups in total. The number of aromatic hydroxyl groups is 1. The van der Waals surface area contributed by atoms with Crippen molar-refractivity contribution in [2.75, 3.05) is 26.2 Å². The number of aryl methyl sites for hydroxylation is 1. The van der Waals surface area contributed by atoms with Crippen LogP contribution in [-0.2, 0) is 4.79 Å². The van der Waals surface area contributed by atoms with Crippen LogP contribution >= 0.6 is 0 Å². The Bertz CT molecular complexity index is 1190. The number of phenolic OH excluding ortho intramolecular Hbond substituents is 1. The molecule has 31 heavy (non-hydrogen) atoms. The molecule has 0 spiro atoms. The Kier molecular flexibility index (Phi) is 4.48. The van der Waals surface area contributed by atoms with Gasteiger partial charge in [0, 0.05) is 42.8 Å². The van der Waals surface area contributed by atoms with Gasteiger partial charge in [-0.2, -0.15) is 5.10 Å². The van der Waals surface area contributed by atoms with Crippen LogP contribution in [0.4, 0.5) is 0 Å². The highest BCUT2D eigenvalue weighted by atomic mass is 16.3. The monoisotopic (exact) mass is 420 g/mol. The molecule has 1 aliphatic carbocycles. The normalized spacial score (nSPS) is 17.7. The topological polar surface area (TPSA) is 110 Å². The van der Waals surface area contributed by atoms with Gasteiger partial charge in [0.15, 0.2) is 0 Å². The fraction of sp³-hybridized carbons (Fsp3) is 0.348. The molecule has 0 unspecified atom stereocenters. The lowest BCUT2D eigenvalue weighted by Crippen LogP contribution is -2.53. The Balaban J connectivity index is 1.33. The van der Waals surface area contributed by atoms with E-state index in [1.54, 1.807) is 21.9 Å². The lowest BCUT2D eigenvalue weighted by Gasteiger charge is -2.35. The van der Waals surface area contributed by atoms with Gasteiger partial charge in [0.05, 0.1) is 5.56 Å². The minimum atomic E-state index is -1.18. The first-order valence-corrected chi connectivity index (χ1v) is 10.5. The first kappa shape index (κ1) is 19.6. The van der Waals surface area contributed by atoms with Crippen molar-refractivity contribution in [2.24, 2.45) is 0 Å². The number of nitrogens with one attached hydrogen (secondary N) is 1. The van der Waals surface area contributed by atoms with Gasteiger partial charge in [0.2, 0.25) is 0 Å². The Morgan fingerprint density at radius 2 is 1.77 bits per heavy atom. The van der Waals surface area contributed by atoms with Gasteiger partial charge in [0.25, 0.3) is 11.8 Å². The maximum atomic E-state index is 13.0. The Morgan fingerprint density at radius 3 is 2.45 bits per heavy atom. The molecule has 3 aromatic rings. The predicted molar refractivity (Wildman–Crippen MR) is 115 cm³/mol. The van der Waals surface area contributed by atoms with Gasteiger partial charge < -0.3 is 20.0 Å². The quantitative estimate of drug-likeness (QED) is 0.601. The van der Waals surface area contributed by atoms with Crippen LogP contribution in [0.3, 0.4) is 0 Å². The standard InChI is InChI=1S/C23H24N4O4/c1-14-16-3-2-4-17(20(16)25-24-14)15-5-6-18(19(28)13-15)21(29)26-9-11-27(12-10-26)22(30)23(31)7-8-23/h2-6,13,28,31H,7-12H2,1H3,(H,24,25). The fourth-order valence-corrected chi connectivity index (χ4v) is 4.19. The van der Waals surface area contributed by atoms with E-state index < -0.39 is 5.60 Å². The van der Waals surface area contributed by atoms with Crippen molar-refractivity contribution in [3.05, 3.63) is 47.7 Å². The van der Waals surface area contributed by atoms with Crippen LogP contribution < -0.4 is 0 Å². The van der Waals surface area contributed by atoms with E-state index in [1.165, 1.54) is 0 Å². The van der Waals surface area contributed by atoms with Crippen LogP contribution in [-0.4, -0.2) is 73.8 Å². The smallest absolute Gasteiger partial charge is 0.257 e. The maximum Gasteiger partial charge on any atom is 0.257 e. The molecule has 2 amide bonds. The molecule has 2 aromatic carbocycles. The summed E-state index contributed by atoms with van der Waals surface area (Å²) in [5.41, 5.74) is 2.49. The number of aromatic amines is 1. The summed E-state index contributed by atoms with van der Waals surface area (Å²) < 4.78 is 0. The van der Waals surface area contributed by atoms with E-state index in [1.807, 2.05) is 31.2 Å². The number of aromatic nitrogens is 2. The molecule has 2 aliphatic rings. The van der Waals surface area contributed by atoms with Gasteiger partial charge in [-0.25, -0.2) is 0 Å². The number of nitrogens with zero attached hydrogens (tertiary/aromatic N) is 3. The van der Waals surface area contributed by atoms with E-state index in [4.69, 9.17) is 0 Å². The van der Waals surface area contributed by atoms with Crippen molar-refractivity contribution >= 4 is 22.7 Å². The second-order valence-electron chi connectivity index (χ2n) is 8.40. The molecule has 1 saturated heterocycles. The Hall–Kier alpha value is -3.39. The molecular formula is C23H24N4O4. The van der Waals surface area contributed by atoms with E-state index in [0.29, 0.717) is 39.0 Å². The predicted octanol–water partition coefficient (Wildman–Crippen LogP) is 2.05. The van der Waals surface area contributed by atoms with Crippen LogP contribution in [0.25, 0.3) is 22.0 Å². The van der Waals surface area contributed by atoms with Crippen molar-refractivity contribution in [1.29, 1.82) is 0 Å². The van der Waals surface area contributed by atoms with Crippen molar-refractivity contribution in [2.45, 2.75) is 25.4 Å². The minimum Gasteiger partial charge on any atom is -0.507 e. The first-order chi connectivity index (χ1) is 14.9. The maximum absolute atomic E-state index is 13.0. The highest BCUT2D eigenvalue weighted by molar-refractivity contribution is 5.99. The molecule has 5 rings (SSSR count). The summed E-state index contributed by atoms with van der Waals surface area (Å²) in [6, 6.07) is 10.9. The van der Waals surface area contributed by atoms with E-state index in [2.05, 4.69) is 10.2 Å². The van der Waals surface area contributed by atoms with Gasteiger partial charge in [-0.3, -0.25) is 14.7 Å². The molecule has 0 bridgehead atoms. The third-order valence-electron chi connectivity index (χ3n) is 6.29. The Labute approximate surface area is 179 Å². The van der Waals surface area contributed by atoms with Gasteiger partial charge in [-0.05, 0) is 37.5 Å². The number of para-hydroxylation sites is 1. The van der Waals surface area contributed by atoms with E-state index >= 15 is 0 Å². The zero-order valence-electron chi connectivity index (χ0n) is 17.3. The minimum absolute atomic E-state index is 0.0856. The summed E-state index contributed by atoms with van der Waals surface area (Å²) in [5, 5.41) is 29.0. The number of carbonyl (C=O) groups is 2. The Morgan fingerprint density at radius 1 is 1.06 bits per heavy atom. The second-order valence-corrected chi connectivity index (χ2v) is 8.40. The molecule has 2 fully saturated rings. The number of piperazine rings is 1. The average Bonchev–Trinajstić information content (AvgIpc) is 3.43. The molecule has 160 valence electrons. The number of benzene rings is 2. The first-order valence-electron chi connectivity index (χ1n) is 10.5. The number of carbonyl (C=O) groups excluding carboxylic acids is 2. The summed E-state index contributed by atoms with van der Waals surface area (Å²) in [4.78, 5) is 28.5. The van der Waals surface area contributed by atoms with Crippen molar-refractivity contribution in [1.82, 2.24) is 20.0 Å². The fourth-order valence-electron chi connectivity index (χ4n) is 4.19. The number of hydrogen-bond donors (Lipinski definition) is 3. The van der Waals surface area contributed by atoms with Gasteiger partial charge in [0.1, 0.15) is 16.9 Å². The van der Waals surface area contributed by atoms with Crippen LogP contribution in [0.1, 0.15) is 28.9 Å². The molecular weight excluding hydrogens is 396 g/mol. The summed E-state index contributed by atoms with van der Waals surface area (Å²) in [5.74, 6) is -0.595. The van der Waals surface area contributed by atoms with Crippen LogP contribution in [0.5, 0.6) is 5.75 Å². The summed E-state index contributed by atoms with van der Waals surface area (Å²) in [7, 11) is 0. The summed E-state index contributed by atoms with van der Waals surface area (Å²) in [6.07, 6.45) is 1.02. The van der Waals surface area contributed by atoms with Gasteiger partial charge in [-0.15, -0.1) is 0 Å². The third kappa shape index (κ3) is 3.33. The lowest BCUT2D eigenvalue weighted by molar-refractivity contribution is -0.143. The van der Waals surface area contributed by atoms with Gasteiger partial charge in [-0.1, -0.05) is 24.3 Å². The highest BCUT2D eigenvalue weighted by Gasteiger charge is 2.50. The second kappa shape index (κ2) is 7.09. The zero-order valence-corrected chi connectivity index (χ0v) is 17.3. The zero-order chi connectivity index (χ0) is 21.8. The molecule has 1 aromatic heterocycles. The average molecular weight is 420 g/mol. The summed E-state index contributed by atoms with van der Waals surface area (Å²) >= 11 is 0. The van der Waals surface area contributed by atoms with Crippen molar-refractivity contribution in [3.8, 4) is 16.9 Å². The largest absolute Gasteiger partial charge is 0.507 e. The molecule has 0 atom stereocenters. The third-order valence-corrected chi connectivity index (χ3v) is 6.29. The van der Waals surface area contributed by atoms with Crippen LogP contribution in [0, 0.1) is 6.92 Å². The van der Waals surface area contributed by atoms with Crippen LogP contribution in [0.2, 0.25) is 0 Å². The molecule has 0 radical (unpaired) electrons. The summed E-state index contributed by atoms with van der Waals surface area (Å²) in [6.45, 7) is 3.45. The number of fused-ring (bicyclic) bond motifs is 1. The van der Waals surface area contributed by atoms with Gasteiger partial charge >= 0.3 is 0 Å². The number of aliphatic hydroxyl groups is 1. The molecule has 8 heteroatoms.